The number of hydrogen-bond acceptors (Lipinski definition) is 9. The van der Waals surface area contributed by atoms with Crippen molar-refractivity contribution in [3.05, 3.63) is 52.6 Å². The highest BCUT2D eigenvalue weighted by molar-refractivity contribution is 5.97. The third-order valence-corrected chi connectivity index (χ3v) is 4.89. The second kappa shape index (κ2) is 9.43. The lowest BCUT2D eigenvalue weighted by Gasteiger charge is -2.27. The number of nitrogens with zero attached hydrogens (tertiary/aromatic N) is 3. The zero-order valence-corrected chi connectivity index (χ0v) is 17.1. The fourth-order valence-corrected chi connectivity index (χ4v) is 3.31. The molecule has 10 nitrogen and oxygen atoms in total. The first-order valence-corrected chi connectivity index (χ1v) is 9.93. The number of anilines is 2. The van der Waals surface area contributed by atoms with Crippen LogP contribution in [0.1, 0.15) is 10.4 Å². The Kier molecular flexibility index (Phi) is 6.27. The Bertz CT molecular complexity index is 1130. The average molecular weight is 425 g/mol. The molecule has 1 saturated heterocycles. The van der Waals surface area contributed by atoms with Gasteiger partial charge in [-0.3, -0.25) is 4.79 Å². The van der Waals surface area contributed by atoms with Crippen LogP contribution in [0.3, 0.4) is 0 Å². The van der Waals surface area contributed by atoms with Gasteiger partial charge in [-0.25, -0.2) is 14.8 Å². The minimum Gasteiger partial charge on any atom is -0.493 e. The van der Waals surface area contributed by atoms with E-state index in [-0.39, 0.29) is 5.56 Å². The van der Waals surface area contributed by atoms with E-state index in [0.717, 1.165) is 18.9 Å². The molecule has 1 amide bonds. The zero-order chi connectivity index (χ0) is 21.6. The standard InChI is InChI=1S/C21H23N5O5/c1-29-16-4-2-3-14-11-15(21(28)31-19(14)16)20(27)23-6-5-22-17-12-18(25-13-24-17)26-7-9-30-10-8-26/h2-4,11-13H,5-10H2,1H3,(H,23,27)(H,22,24,25). The van der Waals surface area contributed by atoms with Crippen molar-refractivity contribution in [2.24, 2.45) is 0 Å². The maximum Gasteiger partial charge on any atom is 0.349 e. The lowest BCUT2D eigenvalue weighted by Crippen LogP contribution is -2.36. The van der Waals surface area contributed by atoms with Gasteiger partial charge in [-0.15, -0.1) is 0 Å². The predicted octanol–water partition coefficient (Wildman–Crippen LogP) is 1.27. The number of fused-ring (bicyclic) bond motifs is 1. The van der Waals surface area contributed by atoms with Gasteiger partial charge in [0.15, 0.2) is 11.3 Å². The van der Waals surface area contributed by atoms with Crippen molar-refractivity contribution < 1.29 is 18.7 Å². The van der Waals surface area contributed by atoms with Crippen LogP contribution in [-0.2, 0) is 4.74 Å². The lowest BCUT2D eigenvalue weighted by atomic mass is 10.1. The van der Waals surface area contributed by atoms with E-state index >= 15 is 0 Å². The quantitative estimate of drug-likeness (QED) is 0.426. The molecule has 0 bridgehead atoms. The summed E-state index contributed by atoms with van der Waals surface area (Å²) in [5.41, 5.74) is -0.459. The Morgan fingerprint density at radius 3 is 2.84 bits per heavy atom. The van der Waals surface area contributed by atoms with Gasteiger partial charge in [0.25, 0.3) is 5.91 Å². The van der Waals surface area contributed by atoms with Crippen LogP contribution in [0.5, 0.6) is 5.75 Å². The minimum absolute atomic E-state index is 0.0580. The number of rotatable bonds is 7. The monoisotopic (exact) mass is 425 g/mol. The molecule has 0 spiro atoms. The molecule has 1 aliphatic rings. The van der Waals surface area contributed by atoms with Gasteiger partial charge >= 0.3 is 5.63 Å². The molecule has 10 heteroatoms. The fourth-order valence-electron chi connectivity index (χ4n) is 3.31. The molecule has 1 aromatic carbocycles. The molecule has 0 saturated carbocycles. The largest absolute Gasteiger partial charge is 0.493 e. The van der Waals surface area contributed by atoms with E-state index < -0.39 is 11.5 Å². The normalized spacial score (nSPS) is 13.8. The molecule has 1 aliphatic heterocycles. The predicted molar refractivity (Wildman–Crippen MR) is 115 cm³/mol. The molecule has 0 unspecified atom stereocenters. The number of ether oxygens (including phenoxy) is 2. The summed E-state index contributed by atoms with van der Waals surface area (Å²) in [5, 5.41) is 6.48. The SMILES string of the molecule is COc1cccc2cc(C(=O)NCCNc3cc(N4CCOCC4)ncn3)c(=O)oc12. The molecule has 162 valence electrons. The third-order valence-electron chi connectivity index (χ3n) is 4.89. The maximum atomic E-state index is 12.5. The summed E-state index contributed by atoms with van der Waals surface area (Å²) in [6.45, 7) is 3.64. The van der Waals surface area contributed by atoms with E-state index in [0.29, 0.717) is 48.8 Å². The molecule has 0 atom stereocenters. The highest BCUT2D eigenvalue weighted by Gasteiger charge is 2.16. The number of benzene rings is 1. The number of aromatic nitrogens is 2. The van der Waals surface area contributed by atoms with Crippen LogP contribution in [0.15, 0.2) is 45.9 Å². The van der Waals surface area contributed by atoms with Crippen molar-refractivity contribution in [1.82, 2.24) is 15.3 Å². The summed E-state index contributed by atoms with van der Waals surface area (Å²) in [7, 11) is 1.49. The Morgan fingerprint density at radius 2 is 2.03 bits per heavy atom. The van der Waals surface area contributed by atoms with Gasteiger partial charge in [-0.2, -0.15) is 0 Å². The van der Waals surface area contributed by atoms with Crippen LogP contribution in [-0.4, -0.2) is 62.4 Å². The van der Waals surface area contributed by atoms with Crippen LogP contribution >= 0.6 is 0 Å². The smallest absolute Gasteiger partial charge is 0.349 e. The van der Waals surface area contributed by atoms with Crippen LogP contribution in [0.2, 0.25) is 0 Å². The number of hydrogen-bond donors (Lipinski definition) is 2. The van der Waals surface area contributed by atoms with Gasteiger partial charge in [0.2, 0.25) is 0 Å². The van der Waals surface area contributed by atoms with Crippen LogP contribution in [0.4, 0.5) is 11.6 Å². The molecule has 2 N–H and O–H groups in total. The van der Waals surface area contributed by atoms with E-state index in [2.05, 4.69) is 25.5 Å². The topological polar surface area (TPSA) is 119 Å². The summed E-state index contributed by atoms with van der Waals surface area (Å²) < 4.78 is 15.8. The molecule has 3 aromatic rings. The van der Waals surface area contributed by atoms with Gasteiger partial charge in [0.05, 0.1) is 20.3 Å². The number of methoxy groups -OCH3 is 1. The van der Waals surface area contributed by atoms with E-state index in [1.54, 1.807) is 18.2 Å². The molecule has 2 aromatic heterocycles. The summed E-state index contributed by atoms with van der Waals surface area (Å²) in [6, 6.07) is 8.57. The second-order valence-corrected chi connectivity index (χ2v) is 6.87. The van der Waals surface area contributed by atoms with E-state index in [1.165, 1.54) is 19.5 Å². The number of carbonyl (C=O) groups excluding carboxylic acids is 1. The molecule has 1 fully saturated rings. The Labute approximate surface area is 178 Å². The van der Waals surface area contributed by atoms with Crippen molar-refractivity contribution in [3.8, 4) is 5.75 Å². The van der Waals surface area contributed by atoms with Crippen molar-refractivity contribution >= 4 is 28.5 Å². The fraction of sp³-hybridized carbons (Fsp3) is 0.333. The first kappa shape index (κ1) is 20.6. The van der Waals surface area contributed by atoms with E-state index in [4.69, 9.17) is 13.9 Å². The number of amides is 1. The first-order valence-electron chi connectivity index (χ1n) is 9.93. The number of para-hydroxylation sites is 1. The van der Waals surface area contributed by atoms with Crippen molar-refractivity contribution in [3.63, 3.8) is 0 Å². The molecule has 0 radical (unpaired) electrons. The minimum atomic E-state index is -0.714. The van der Waals surface area contributed by atoms with Crippen molar-refractivity contribution in [1.29, 1.82) is 0 Å². The van der Waals surface area contributed by atoms with Crippen molar-refractivity contribution in [2.45, 2.75) is 0 Å². The molecule has 3 heterocycles. The highest BCUT2D eigenvalue weighted by Crippen LogP contribution is 2.24. The van der Waals surface area contributed by atoms with Crippen LogP contribution in [0.25, 0.3) is 11.0 Å². The van der Waals surface area contributed by atoms with Crippen LogP contribution < -0.4 is 25.9 Å². The molecular formula is C21H23N5O5. The number of carbonyl (C=O) groups is 1. The lowest BCUT2D eigenvalue weighted by molar-refractivity contribution is 0.0951. The highest BCUT2D eigenvalue weighted by atomic mass is 16.5. The maximum absolute atomic E-state index is 12.5. The third kappa shape index (κ3) is 4.75. The molecular weight excluding hydrogens is 402 g/mol. The number of morpholine rings is 1. The Hall–Kier alpha value is -3.66. The zero-order valence-electron chi connectivity index (χ0n) is 17.1. The Morgan fingerprint density at radius 1 is 1.19 bits per heavy atom. The molecule has 4 rings (SSSR count). The summed E-state index contributed by atoms with van der Waals surface area (Å²) in [6.07, 6.45) is 1.50. The van der Waals surface area contributed by atoms with Gasteiger partial charge in [0.1, 0.15) is 23.5 Å². The average Bonchev–Trinajstić information content (AvgIpc) is 2.81. The van der Waals surface area contributed by atoms with Gasteiger partial charge in [0, 0.05) is 37.6 Å². The van der Waals surface area contributed by atoms with E-state index in [9.17, 15) is 9.59 Å². The van der Waals surface area contributed by atoms with Gasteiger partial charge < -0.3 is 29.4 Å². The summed E-state index contributed by atoms with van der Waals surface area (Å²) in [5.74, 6) is 1.42. The summed E-state index contributed by atoms with van der Waals surface area (Å²) >= 11 is 0. The summed E-state index contributed by atoms with van der Waals surface area (Å²) in [4.78, 5) is 35.4. The van der Waals surface area contributed by atoms with Gasteiger partial charge in [-0.1, -0.05) is 12.1 Å². The number of nitrogens with one attached hydrogen (secondary N) is 2. The molecule has 0 aliphatic carbocycles. The van der Waals surface area contributed by atoms with Gasteiger partial charge in [-0.05, 0) is 12.1 Å². The Balaban J connectivity index is 1.34. The second-order valence-electron chi connectivity index (χ2n) is 6.87. The van der Waals surface area contributed by atoms with Crippen molar-refractivity contribution in [2.75, 3.05) is 56.7 Å². The van der Waals surface area contributed by atoms with E-state index in [1.807, 2.05) is 6.07 Å². The molecule has 31 heavy (non-hydrogen) atoms. The van der Waals surface area contributed by atoms with Crippen LogP contribution in [0, 0.1) is 0 Å². The first-order chi connectivity index (χ1) is 15.2.